The first-order chi connectivity index (χ1) is 19.0. The lowest BCUT2D eigenvalue weighted by molar-refractivity contribution is 0.0741. The molecule has 4 rings (SSSR count). The molecular formula is C32H34FN3O3S. The van der Waals surface area contributed by atoms with Gasteiger partial charge in [-0.3, -0.25) is 4.79 Å². The number of hydrogen-bond acceptors (Lipinski definition) is 5. The Kier molecular flexibility index (Phi) is 8.69. The molecule has 8 heteroatoms. The Hall–Kier alpha value is -4.04. The van der Waals surface area contributed by atoms with E-state index in [0.29, 0.717) is 18.9 Å². The van der Waals surface area contributed by atoms with Gasteiger partial charge in [-0.05, 0) is 77.9 Å². The molecule has 0 spiro atoms. The summed E-state index contributed by atoms with van der Waals surface area (Å²) in [6, 6.07) is 20.7. The molecule has 2 N–H and O–H groups in total. The zero-order valence-electron chi connectivity index (χ0n) is 23.2. The molecule has 0 unspecified atom stereocenters. The number of aryl methyl sites for hydroxylation is 1. The Bertz CT molecular complexity index is 1630. The van der Waals surface area contributed by atoms with E-state index in [9.17, 15) is 13.2 Å². The molecule has 4 aromatic rings. The number of hydrogen-bond donors (Lipinski definition) is 1. The summed E-state index contributed by atoms with van der Waals surface area (Å²) in [4.78, 5) is 19.2. The van der Waals surface area contributed by atoms with Gasteiger partial charge >= 0.3 is 0 Å². The summed E-state index contributed by atoms with van der Waals surface area (Å²) in [5.74, 6) is -0.683. The number of aromatic nitrogens is 1. The van der Waals surface area contributed by atoms with Crippen molar-refractivity contribution >= 4 is 21.6 Å². The van der Waals surface area contributed by atoms with Gasteiger partial charge in [-0.15, -0.1) is 0 Å². The zero-order chi connectivity index (χ0) is 29.0. The minimum atomic E-state index is -3.75. The maximum atomic E-state index is 15.2. The van der Waals surface area contributed by atoms with E-state index in [0.717, 1.165) is 46.1 Å². The third kappa shape index (κ3) is 6.23. The summed E-state index contributed by atoms with van der Waals surface area (Å²) in [7, 11) is -3.75. The third-order valence-electron chi connectivity index (χ3n) is 7.02. The standard InChI is InChI=1S/C32H34FN3O3S/c1-5-17-36(32(37)28-14-15-29(40(4,38)39)31(33)27(28)6-2)20-26-18-24(8-7-21(26)3)22-9-11-23(12-10-22)25-13-16-30(34)35-19-25/h7-16,18-19H,5-6,17,20H2,1-4H3,(H2,34,35). The summed E-state index contributed by atoms with van der Waals surface area (Å²) in [5.41, 5.74) is 12.1. The van der Waals surface area contributed by atoms with Crippen molar-refractivity contribution in [3.05, 3.63) is 101 Å². The quantitative estimate of drug-likeness (QED) is 0.254. The van der Waals surface area contributed by atoms with Crippen molar-refractivity contribution in [1.29, 1.82) is 0 Å². The Morgan fingerprint density at radius 1 is 0.925 bits per heavy atom. The predicted molar refractivity (Wildman–Crippen MR) is 158 cm³/mol. The Balaban J connectivity index is 1.63. The summed E-state index contributed by atoms with van der Waals surface area (Å²) in [5, 5.41) is 0. The van der Waals surface area contributed by atoms with Crippen LogP contribution in [-0.4, -0.2) is 37.0 Å². The highest BCUT2D eigenvalue weighted by molar-refractivity contribution is 7.90. The van der Waals surface area contributed by atoms with Crippen LogP contribution in [0.4, 0.5) is 10.2 Å². The van der Waals surface area contributed by atoms with Crippen molar-refractivity contribution in [3.63, 3.8) is 0 Å². The van der Waals surface area contributed by atoms with Crippen LogP contribution in [0.1, 0.15) is 47.3 Å². The minimum Gasteiger partial charge on any atom is -0.384 e. The van der Waals surface area contributed by atoms with Crippen LogP contribution in [0.5, 0.6) is 0 Å². The van der Waals surface area contributed by atoms with Crippen LogP contribution >= 0.6 is 0 Å². The van der Waals surface area contributed by atoms with Gasteiger partial charge in [0.15, 0.2) is 9.84 Å². The van der Waals surface area contributed by atoms with Crippen LogP contribution in [0.15, 0.2) is 77.8 Å². The molecule has 40 heavy (non-hydrogen) atoms. The SMILES string of the molecule is CCCN(Cc1cc(-c2ccc(-c3ccc(N)nc3)cc2)ccc1C)C(=O)c1ccc(S(C)(=O)=O)c(F)c1CC. The number of anilines is 1. The average Bonchev–Trinajstić information content (AvgIpc) is 2.93. The number of nitrogen functional groups attached to an aromatic ring is 1. The first-order valence-electron chi connectivity index (χ1n) is 13.3. The normalized spacial score (nSPS) is 11.4. The molecule has 0 saturated heterocycles. The Labute approximate surface area is 235 Å². The number of nitrogens with zero attached hydrogens (tertiary/aromatic N) is 2. The van der Waals surface area contributed by atoms with Crippen molar-refractivity contribution in [3.8, 4) is 22.3 Å². The highest BCUT2D eigenvalue weighted by Gasteiger charge is 2.25. The second-order valence-corrected chi connectivity index (χ2v) is 11.9. The number of nitrogens with two attached hydrogens (primary N) is 1. The molecule has 1 amide bonds. The number of halogens is 1. The molecule has 0 aliphatic heterocycles. The number of carbonyl (C=O) groups excluding carboxylic acids is 1. The Morgan fingerprint density at radius 2 is 1.55 bits per heavy atom. The molecule has 1 heterocycles. The lowest BCUT2D eigenvalue weighted by Crippen LogP contribution is -2.32. The van der Waals surface area contributed by atoms with Gasteiger partial charge in [-0.1, -0.05) is 50.2 Å². The molecule has 3 aromatic carbocycles. The average molecular weight is 560 g/mol. The molecule has 208 valence electrons. The van der Waals surface area contributed by atoms with E-state index in [1.807, 2.05) is 38.1 Å². The van der Waals surface area contributed by atoms with Gasteiger partial charge in [0.2, 0.25) is 0 Å². The fourth-order valence-corrected chi connectivity index (χ4v) is 5.55. The van der Waals surface area contributed by atoms with E-state index >= 15 is 4.39 Å². The van der Waals surface area contributed by atoms with Gasteiger partial charge in [-0.25, -0.2) is 17.8 Å². The summed E-state index contributed by atoms with van der Waals surface area (Å²) < 4.78 is 39.2. The van der Waals surface area contributed by atoms with Gasteiger partial charge in [0.05, 0.1) is 0 Å². The first-order valence-corrected chi connectivity index (χ1v) is 15.1. The van der Waals surface area contributed by atoms with Gasteiger partial charge in [0, 0.05) is 42.2 Å². The molecule has 0 fully saturated rings. The number of sulfone groups is 1. The third-order valence-corrected chi connectivity index (χ3v) is 8.13. The van der Waals surface area contributed by atoms with Gasteiger partial charge < -0.3 is 10.6 Å². The van der Waals surface area contributed by atoms with Crippen LogP contribution in [0.3, 0.4) is 0 Å². The smallest absolute Gasteiger partial charge is 0.254 e. The second-order valence-electron chi connectivity index (χ2n) is 9.95. The van der Waals surface area contributed by atoms with Crippen LogP contribution in [0.2, 0.25) is 0 Å². The molecule has 0 radical (unpaired) electrons. The van der Waals surface area contributed by atoms with Crippen molar-refractivity contribution < 1.29 is 17.6 Å². The van der Waals surface area contributed by atoms with Crippen LogP contribution in [0.25, 0.3) is 22.3 Å². The van der Waals surface area contributed by atoms with Gasteiger partial charge in [0.25, 0.3) is 5.91 Å². The van der Waals surface area contributed by atoms with Gasteiger partial charge in [-0.2, -0.15) is 0 Å². The number of benzene rings is 3. The van der Waals surface area contributed by atoms with E-state index in [-0.39, 0.29) is 28.4 Å². The van der Waals surface area contributed by atoms with E-state index < -0.39 is 15.7 Å². The molecule has 0 aliphatic rings. The summed E-state index contributed by atoms with van der Waals surface area (Å²) in [6.45, 7) is 6.53. The van der Waals surface area contributed by atoms with E-state index in [1.54, 1.807) is 24.1 Å². The van der Waals surface area contributed by atoms with Crippen molar-refractivity contribution in [2.45, 2.75) is 45.1 Å². The molecule has 6 nitrogen and oxygen atoms in total. The maximum Gasteiger partial charge on any atom is 0.254 e. The number of pyridine rings is 1. The van der Waals surface area contributed by atoms with Crippen molar-refractivity contribution in [2.24, 2.45) is 0 Å². The fourth-order valence-electron chi connectivity index (χ4n) is 4.78. The van der Waals surface area contributed by atoms with Crippen molar-refractivity contribution in [2.75, 3.05) is 18.5 Å². The monoisotopic (exact) mass is 559 g/mol. The molecule has 0 aliphatic carbocycles. The van der Waals surface area contributed by atoms with E-state index in [4.69, 9.17) is 5.73 Å². The lowest BCUT2D eigenvalue weighted by Gasteiger charge is -2.25. The number of carbonyl (C=O) groups is 1. The summed E-state index contributed by atoms with van der Waals surface area (Å²) in [6.07, 6.45) is 3.64. The first kappa shape index (κ1) is 29.0. The fraction of sp³-hybridized carbons (Fsp3) is 0.250. The minimum absolute atomic E-state index is 0.121. The lowest BCUT2D eigenvalue weighted by atomic mass is 9.97. The molecular weight excluding hydrogens is 525 g/mol. The van der Waals surface area contributed by atoms with Crippen LogP contribution in [0, 0.1) is 12.7 Å². The molecule has 0 atom stereocenters. The summed E-state index contributed by atoms with van der Waals surface area (Å²) >= 11 is 0. The maximum absolute atomic E-state index is 15.2. The van der Waals surface area contributed by atoms with Gasteiger partial charge in [0.1, 0.15) is 16.5 Å². The van der Waals surface area contributed by atoms with E-state index in [2.05, 4.69) is 29.2 Å². The van der Waals surface area contributed by atoms with Crippen molar-refractivity contribution in [1.82, 2.24) is 9.88 Å². The highest BCUT2D eigenvalue weighted by Crippen LogP contribution is 2.28. The second kappa shape index (κ2) is 12.0. The molecule has 0 bridgehead atoms. The number of amides is 1. The van der Waals surface area contributed by atoms with E-state index in [1.165, 1.54) is 12.1 Å². The topological polar surface area (TPSA) is 93.4 Å². The number of rotatable bonds is 9. The largest absolute Gasteiger partial charge is 0.384 e. The van der Waals surface area contributed by atoms with Crippen LogP contribution in [-0.2, 0) is 22.8 Å². The highest BCUT2D eigenvalue weighted by atomic mass is 32.2. The molecule has 0 saturated carbocycles. The molecule has 1 aromatic heterocycles. The predicted octanol–water partition coefficient (Wildman–Crippen LogP) is 6.46. The zero-order valence-corrected chi connectivity index (χ0v) is 24.1. The van der Waals surface area contributed by atoms with Crippen LogP contribution < -0.4 is 5.73 Å². The Morgan fingerprint density at radius 3 is 2.12 bits per heavy atom.